The lowest BCUT2D eigenvalue weighted by atomic mass is 10.2. The number of morpholine rings is 1. The number of hydrogen-bond donors (Lipinski definition) is 1. The zero-order valence-electron chi connectivity index (χ0n) is 10.1. The van der Waals surface area contributed by atoms with Gasteiger partial charge in [0.1, 0.15) is 5.15 Å². The fourth-order valence-corrected chi connectivity index (χ4v) is 2.18. The van der Waals surface area contributed by atoms with Crippen LogP contribution in [0.3, 0.4) is 0 Å². The molecule has 0 amide bonds. The standard InChI is InChI=1S/C11H17ClN4O/c1-7-6-17-8(2)4-16(7)5-9-3-10(12)15-11(13)14-9/h3,7-8H,4-6H2,1-2H3,(H2,13,14,15)/t7-,8-/m1/s1. The summed E-state index contributed by atoms with van der Waals surface area (Å²) < 4.78 is 5.58. The molecule has 1 aromatic heterocycles. The van der Waals surface area contributed by atoms with Gasteiger partial charge >= 0.3 is 0 Å². The third-order valence-electron chi connectivity index (χ3n) is 2.87. The first-order chi connectivity index (χ1) is 8.04. The lowest BCUT2D eigenvalue weighted by Gasteiger charge is -2.36. The van der Waals surface area contributed by atoms with Gasteiger partial charge in [0.05, 0.1) is 18.4 Å². The lowest BCUT2D eigenvalue weighted by molar-refractivity contribution is -0.0530. The van der Waals surface area contributed by atoms with Crippen LogP contribution >= 0.6 is 11.6 Å². The van der Waals surface area contributed by atoms with Gasteiger partial charge in [0.2, 0.25) is 5.95 Å². The molecule has 1 aliphatic heterocycles. The molecule has 1 aliphatic rings. The summed E-state index contributed by atoms with van der Waals surface area (Å²) in [6.45, 7) is 6.57. The van der Waals surface area contributed by atoms with Crippen molar-refractivity contribution in [2.75, 3.05) is 18.9 Å². The summed E-state index contributed by atoms with van der Waals surface area (Å²) in [6.07, 6.45) is 0.251. The van der Waals surface area contributed by atoms with Crippen LogP contribution in [0.4, 0.5) is 5.95 Å². The molecule has 5 nitrogen and oxygen atoms in total. The van der Waals surface area contributed by atoms with Gasteiger partial charge in [0, 0.05) is 19.1 Å². The number of nitrogens with two attached hydrogens (primary N) is 1. The number of halogens is 1. The van der Waals surface area contributed by atoms with Gasteiger partial charge in [0.25, 0.3) is 0 Å². The number of nitrogen functional groups attached to an aromatic ring is 1. The van der Waals surface area contributed by atoms with Gasteiger partial charge in [-0.1, -0.05) is 11.6 Å². The summed E-state index contributed by atoms with van der Waals surface area (Å²) in [7, 11) is 0. The molecule has 2 rings (SSSR count). The molecule has 0 aromatic carbocycles. The molecule has 94 valence electrons. The average Bonchev–Trinajstić information content (AvgIpc) is 2.22. The Morgan fingerprint density at radius 3 is 3.00 bits per heavy atom. The Kier molecular flexibility index (Phi) is 3.81. The highest BCUT2D eigenvalue weighted by Gasteiger charge is 2.23. The third kappa shape index (κ3) is 3.28. The predicted molar refractivity (Wildman–Crippen MR) is 66.7 cm³/mol. The Morgan fingerprint density at radius 2 is 2.29 bits per heavy atom. The van der Waals surface area contributed by atoms with Gasteiger partial charge in [-0.25, -0.2) is 9.97 Å². The van der Waals surface area contributed by atoms with E-state index in [1.54, 1.807) is 6.07 Å². The Labute approximate surface area is 106 Å². The second kappa shape index (κ2) is 5.16. The molecular weight excluding hydrogens is 240 g/mol. The molecule has 2 N–H and O–H groups in total. The topological polar surface area (TPSA) is 64.3 Å². The number of nitrogens with zero attached hydrogens (tertiary/aromatic N) is 3. The van der Waals surface area contributed by atoms with E-state index in [2.05, 4.69) is 28.7 Å². The highest BCUT2D eigenvalue weighted by atomic mass is 35.5. The second-order valence-corrected chi connectivity index (χ2v) is 4.85. The maximum absolute atomic E-state index is 5.86. The first kappa shape index (κ1) is 12.5. The van der Waals surface area contributed by atoms with Crippen LogP contribution in [-0.4, -0.2) is 40.2 Å². The van der Waals surface area contributed by atoms with E-state index >= 15 is 0 Å². The smallest absolute Gasteiger partial charge is 0.221 e. The number of rotatable bonds is 2. The third-order valence-corrected chi connectivity index (χ3v) is 3.06. The maximum Gasteiger partial charge on any atom is 0.221 e. The van der Waals surface area contributed by atoms with Crippen LogP contribution in [0.2, 0.25) is 5.15 Å². The minimum absolute atomic E-state index is 0.224. The van der Waals surface area contributed by atoms with Gasteiger partial charge < -0.3 is 10.5 Å². The fourth-order valence-electron chi connectivity index (χ4n) is 1.96. The van der Waals surface area contributed by atoms with Crippen LogP contribution in [0.1, 0.15) is 19.5 Å². The van der Waals surface area contributed by atoms with Crippen molar-refractivity contribution >= 4 is 17.5 Å². The molecule has 6 heteroatoms. The molecule has 0 unspecified atom stereocenters. The van der Waals surface area contributed by atoms with Gasteiger partial charge in [-0.15, -0.1) is 0 Å². The van der Waals surface area contributed by atoms with Gasteiger partial charge in [-0.2, -0.15) is 0 Å². The van der Waals surface area contributed by atoms with E-state index in [0.29, 0.717) is 11.2 Å². The van der Waals surface area contributed by atoms with Crippen molar-refractivity contribution in [3.05, 3.63) is 16.9 Å². The van der Waals surface area contributed by atoms with Crippen LogP contribution in [0.25, 0.3) is 0 Å². The number of hydrogen-bond acceptors (Lipinski definition) is 5. The Balaban J connectivity index is 2.08. The summed E-state index contributed by atoms with van der Waals surface area (Å²) in [5.41, 5.74) is 6.43. The van der Waals surface area contributed by atoms with E-state index in [0.717, 1.165) is 25.4 Å². The van der Waals surface area contributed by atoms with Crippen molar-refractivity contribution in [1.29, 1.82) is 0 Å². The molecule has 2 atom stereocenters. The summed E-state index contributed by atoms with van der Waals surface area (Å²) in [4.78, 5) is 10.3. The van der Waals surface area contributed by atoms with Crippen molar-refractivity contribution in [3.8, 4) is 0 Å². The van der Waals surface area contributed by atoms with Crippen molar-refractivity contribution in [2.45, 2.75) is 32.5 Å². The molecule has 0 aliphatic carbocycles. The monoisotopic (exact) mass is 256 g/mol. The molecule has 1 saturated heterocycles. The molecule has 17 heavy (non-hydrogen) atoms. The maximum atomic E-state index is 5.86. The average molecular weight is 257 g/mol. The summed E-state index contributed by atoms with van der Waals surface area (Å²) in [6, 6.07) is 2.13. The molecule has 1 fully saturated rings. The van der Waals surface area contributed by atoms with E-state index in [-0.39, 0.29) is 12.1 Å². The quantitative estimate of drug-likeness (QED) is 0.809. The Morgan fingerprint density at radius 1 is 1.53 bits per heavy atom. The number of aromatic nitrogens is 2. The van der Waals surface area contributed by atoms with Gasteiger partial charge in [-0.05, 0) is 19.9 Å². The molecule has 2 heterocycles. The molecule has 0 saturated carbocycles. The first-order valence-corrected chi connectivity index (χ1v) is 6.07. The first-order valence-electron chi connectivity index (χ1n) is 5.69. The van der Waals surface area contributed by atoms with Crippen molar-refractivity contribution in [1.82, 2.24) is 14.9 Å². The molecular formula is C11H17ClN4O. The minimum atomic E-state index is 0.224. The van der Waals surface area contributed by atoms with Crippen LogP contribution in [0.15, 0.2) is 6.07 Å². The van der Waals surface area contributed by atoms with Crippen molar-refractivity contribution in [3.63, 3.8) is 0 Å². The highest BCUT2D eigenvalue weighted by molar-refractivity contribution is 6.29. The second-order valence-electron chi connectivity index (χ2n) is 4.46. The predicted octanol–water partition coefficient (Wildman–Crippen LogP) is 1.32. The summed E-state index contributed by atoms with van der Waals surface area (Å²) in [5, 5.41) is 0.390. The highest BCUT2D eigenvalue weighted by Crippen LogP contribution is 2.16. The molecule has 0 bridgehead atoms. The lowest BCUT2D eigenvalue weighted by Crippen LogP contribution is -2.46. The van der Waals surface area contributed by atoms with E-state index in [9.17, 15) is 0 Å². The normalized spacial score (nSPS) is 26.1. The van der Waals surface area contributed by atoms with Crippen molar-refractivity contribution < 1.29 is 4.74 Å². The number of ether oxygens (including phenoxy) is 1. The largest absolute Gasteiger partial charge is 0.376 e. The van der Waals surface area contributed by atoms with E-state index in [1.807, 2.05) is 0 Å². The molecule has 1 aromatic rings. The summed E-state index contributed by atoms with van der Waals surface area (Å²) in [5.74, 6) is 0.224. The zero-order valence-corrected chi connectivity index (χ0v) is 10.8. The van der Waals surface area contributed by atoms with Crippen LogP contribution < -0.4 is 5.73 Å². The van der Waals surface area contributed by atoms with E-state index in [1.165, 1.54) is 0 Å². The van der Waals surface area contributed by atoms with Gasteiger partial charge in [0.15, 0.2) is 0 Å². The van der Waals surface area contributed by atoms with Crippen LogP contribution in [0, 0.1) is 0 Å². The van der Waals surface area contributed by atoms with Gasteiger partial charge in [-0.3, -0.25) is 4.90 Å². The summed E-state index contributed by atoms with van der Waals surface area (Å²) >= 11 is 5.86. The minimum Gasteiger partial charge on any atom is -0.376 e. The van der Waals surface area contributed by atoms with E-state index in [4.69, 9.17) is 22.1 Å². The number of anilines is 1. The molecule has 0 spiro atoms. The SMILES string of the molecule is C[C@@H]1CN(Cc2cc(Cl)nc(N)n2)[C@H](C)CO1. The fraction of sp³-hybridized carbons (Fsp3) is 0.636. The van der Waals surface area contributed by atoms with Crippen LogP contribution in [-0.2, 0) is 11.3 Å². The Hall–Kier alpha value is -0.910. The van der Waals surface area contributed by atoms with Crippen molar-refractivity contribution in [2.24, 2.45) is 0 Å². The Bertz CT molecular complexity index is 381. The molecule has 0 radical (unpaired) electrons. The van der Waals surface area contributed by atoms with Crippen LogP contribution in [0.5, 0.6) is 0 Å². The zero-order chi connectivity index (χ0) is 12.4. The van der Waals surface area contributed by atoms with E-state index < -0.39 is 0 Å².